The fourth-order valence-electron chi connectivity index (χ4n) is 16.7. The van der Waals surface area contributed by atoms with Gasteiger partial charge in [0.15, 0.2) is 0 Å². The lowest BCUT2D eigenvalue weighted by Crippen LogP contribution is -2.29. The van der Waals surface area contributed by atoms with Crippen LogP contribution in [-0.4, -0.2) is 125 Å². The number of hydrogen-bond acceptors (Lipinski definition) is 16. The number of aromatic carboxylic acids is 2. The lowest BCUT2D eigenvalue weighted by molar-refractivity contribution is -0.138. The van der Waals surface area contributed by atoms with Crippen molar-refractivity contribution in [2.45, 2.75) is 110 Å². The zero-order valence-corrected chi connectivity index (χ0v) is 73.8. The van der Waals surface area contributed by atoms with Crippen LogP contribution in [0.4, 0.5) is 76.0 Å². The molecule has 10 aromatic carbocycles. The van der Waals surface area contributed by atoms with E-state index < -0.39 is 82.9 Å². The number of carboxylic acid groups (broad SMARTS) is 2. The largest absolute Gasteiger partial charge is 0.478 e. The number of aromatic nitrogens is 8. The van der Waals surface area contributed by atoms with Crippen LogP contribution in [0, 0.1) is 0 Å². The van der Waals surface area contributed by atoms with E-state index in [0.717, 1.165) is 76.3 Å². The van der Waals surface area contributed by atoms with E-state index in [-0.39, 0.29) is 55.7 Å². The number of carboxylic acids is 2. The van der Waals surface area contributed by atoms with Gasteiger partial charge in [0.2, 0.25) is 0 Å². The zero-order valence-electron chi connectivity index (χ0n) is 73.8. The van der Waals surface area contributed by atoms with Crippen LogP contribution in [0.1, 0.15) is 151 Å². The van der Waals surface area contributed by atoms with Crippen molar-refractivity contribution in [3.8, 4) is 45.0 Å². The summed E-state index contributed by atoms with van der Waals surface area (Å²) in [5, 5.41) is 43.5. The molecule has 4 N–H and O–H groups in total. The molecule has 4 aliphatic heterocycles. The summed E-state index contributed by atoms with van der Waals surface area (Å²) in [7, 11) is 1.31. The van der Waals surface area contributed by atoms with E-state index in [4.69, 9.17) is 24.8 Å². The maximum Gasteiger partial charge on any atom is 0.416 e. The Labute approximate surface area is 776 Å². The molecule has 18 rings (SSSR count). The number of nitrogens with one attached hydrogen (secondary N) is 2. The van der Waals surface area contributed by atoms with Crippen LogP contribution in [0.25, 0.3) is 45.0 Å². The van der Waals surface area contributed by atoms with Crippen LogP contribution in [0.5, 0.6) is 0 Å². The van der Waals surface area contributed by atoms with Gasteiger partial charge in [0.05, 0.1) is 85.4 Å². The van der Waals surface area contributed by atoms with Gasteiger partial charge < -0.3 is 49.9 Å². The highest BCUT2D eigenvalue weighted by Crippen LogP contribution is 2.44. The standard InChI is InChI=1S/C30H27F3N4O3.C29H25F3N4O3.C22H20F3N3O2.C20H16F3N3O2/c1-19(21-11-13-23(14-12-21)29(39)40-2)34-27(38)25-26(22-8-4-3-5-9-22)35-37-16-15-36(28(25)37)18-20-7-6-10-24(17-20)30(31,32)33;1-18(20-10-12-22(13-11-20)28(38)39)33-26(37)24-25(21-7-3-2-4-8-21)34-36-15-14-35(27(24)36)17-19-6-5-9-23(16-19)29(30,31)32;1-2-30-21(29)18-19(16-8-4-3-5-9-16)26-28-12-11-27(20(18)28)14-15-7-6-10-17(13-15)22(23,24)25;21-20(22,23)15-8-4-5-13(11-15)12-25-9-10-26-18(25)16(19(27)28)17(24-26)14-6-2-1-3-7-14/h3-14,17,19H,15-16,18H2,1-2H3,(H,34,38);2-13,16,18H,14-15,17H2,1H3,(H,33,37)(H,38,39);3-10,13H,2,11-12,14H2,1H3;1-8,11H,9-10,12H2,(H,27,28)/t19-;18-;;/m00../s1. The van der Waals surface area contributed by atoms with E-state index in [2.05, 4.69) is 20.8 Å². The first kappa shape index (κ1) is 95.8. The maximum absolute atomic E-state index is 13.8. The Kier molecular flexibility index (Phi) is 28.4. The minimum absolute atomic E-state index is 0.0654. The van der Waals surface area contributed by atoms with Crippen LogP contribution in [0.15, 0.2) is 267 Å². The average Bonchev–Trinajstić information content (AvgIpc) is 1.60. The zero-order chi connectivity index (χ0) is 97.4. The molecule has 0 aliphatic carbocycles. The van der Waals surface area contributed by atoms with Gasteiger partial charge in [0.25, 0.3) is 11.8 Å². The number of amides is 2. The van der Waals surface area contributed by atoms with Crippen molar-refractivity contribution in [1.29, 1.82) is 0 Å². The van der Waals surface area contributed by atoms with Crippen molar-refractivity contribution >= 4 is 59.0 Å². The molecule has 14 aromatic rings. The molecule has 4 aliphatic rings. The minimum Gasteiger partial charge on any atom is -0.478 e. The van der Waals surface area contributed by atoms with E-state index in [1.54, 1.807) is 122 Å². The topological polar surface area (TPSA) is 270 Å². The molecule has 36 heteroatoms. The van der Waals surface area contributed by atoms with Gasteiger partial charge in [-0.3, -0.25) is 9.59 Å². The van der Waals surface area contributed by atoms with Crippen molar-refractivity contribution < 1.29 is 101 Å². The Morgan fingerprint density at radius 1 is 0.336 bits per heavy atom. The number of anilines is 4. The molecular formula is C101H88F12N14O10. The quantitative estimate of drug-likeness (QED) is 0.0342. The summed E-state index contributed by atoms with van der Waals surface area (Å²) in [5.41, 5.74) is 7.01. The van der Waals surface area contributed by atoms with Gasteiger partial charge in [0, 0.05) is 74.6 Å². The molecule has 0 spiro atoms. The summed E-state index contributed by atoms with van der Waals surface area (Å²) < 4.78 is 175. The number of ether oxygens (including phenoxy) is 2. The van der Waals surface area contributed by atoms with Crippen LogP contribution in [0.3, 0.4) is 0 Å². The summed E-state index contributed by atoms with van der Waals surface area (Å²) in [6.45, 7) is 10.3. The number of fused-ring (bicyclic) bond motifs is 4. The Bertz CT molecular complexity index is 6730. The normalized spacial score (nSPS) is 13.6. The van der Waals surface area contributed by atoms with Gasteiger partial charge in [-0.2, -0.15) is 73.1 Å². The number of rotatable bonds is 23. The predicted octanol–water partition coefficient (Wildman–Crippen LogP) is 20.7. The third kappa shape index (κ3) is 21.9. The molecule has 2 amide bonds. The Balaban J connectivity index is 0.000000140. The Morgan fingerprint density at radius 2 is 0.606 bits per heavy atom. The van der Waals surface area contributed by atoms with Gasteiger partial charge in [-0.25, -0.2) is 37.9 Å². The molecule has 0 radical (unpaired) electrons. The number of alkyl halides is 12. The maximum atomic E-state index is 13.8. The second-order valence-electron chi connectivity index (χ2n) is 32.5. The summed E-state index contributed by atoms with van der Waals surface area (Å²) in [6.07, 6.45) is -17.7. The molecule has 0 saturated heterocycles. The summed E-state index contributed by atoms with van der Waals surface area (Å²) >= 11 is 0. The minimum atomic E-state index is -4.45. The van der Waals surface area contributed by atoms with Crippen molar-refractivity contribution in [3.63, 3.8) is 0 Å². The Hall–Kier alpha value is -15.8. The predicted molar refractivity (Wildman–Crippen MR) is 486 cm³/mol. The van der Waals surface area contributed by atoms with Crippen molar-refractivity contribution in [2.24, 2.45) is 0 Å². The number of methoxy groups -OCH3 is 1. The first-order valence-electron chi connectivity index (χ1n) is 43.3. The van der Waals surface area contributed by atoms with E-state index in [0.29, 0.717) is 148 Å². The van der Waals surface area contributed by atoms with E-state index >= 15 is 0 Å². The number of esters is 2. The van der Waals surface area contributed by atoms with Gasteiger partial charge in [0.1, 0.15) is 68.3 Å². The lowest BCUT2D eigenvalue weighted by Gasteiger charge is -2.21. The van der Waals surface area contributed by atoms with Gasteiger partial charge in [-0.05, 0) is 127 Å². The molecule has 8 heterocycles. The van der Waals surface area contributed by atoms with Gasteiger partial charge >= 0.3 is 48.6 Å². The highest BCUT2D eigenvalue weighted by Gasteiger charge is 2.41. The van der Waals surface area contributed by atoms with Gasteiger partial charge in [-0.15, -0.1) is 0 Å². The van der Waals surface area contributed by atoms with Crippen LogP contribution >= 0.6 is 0 Å². The number of carbonyl (C=O) groups excluding carboxylic acids is 4. The van der Waals surface area contributed by atoms with E-state index in [1.807, 2.05) is 119 Å². The molecule has 706 valence electrons. The first-order chi connectivity index (χ1) is 65.5. The molecular weight excluding hydrogens is 1800 g/mol. The number of carbonyl (C=O) groups is 6. The van der Waals surface area contributed by atoms with Crippen molar-refractivity contribution in [3.05, 3.63) is 356 Å². The van der Waals surface area contributed by atoms with Crippen molar-refractivity contribution in [2.75, 3.05) is 59.5 Å². The Morgan fingerprint density at radius 3 is 0.876 bits per heavy atom. The molecule has 0 saturated carbocycles. The highest BCUT2D eigenvalue weighted by molar-refractivity contribution is 6.07. The lowest BCUT2D eigenvalue weighted by atomic mass is 10.0. The third-order valence-electron chi connectivity index (χ3n) is 23.3. The molecule has 0 fully saturated rings. The molecule has 2 atom stereocenters. The average molecular weight is 1890 g/mol. The molecule has 137 heavy (non-hydrogen) atoms. The van der Waals surface area contributed by atoms with Crippen LogP contribution in [0.2, 0.25) is 0 Å². The van der Waals surface area contributed by atoms with Gasteiger partial charge in [-0.1, -0.05) is 194 Å². The van der Waals surface area contributed by atoms with E-state index in [1.165, 1.54) is 43.5 Å². The number of nitrogens with zero attached hydrogens (tertiary/aromatic N) is 12. The molecule has 0 unspecified atom stereocenters. The molecule has 24 nitrogen and oxygen atoms in total. The number of benzene rings is 10. The SMILES string of the molecule is CCOC(=O)c1c(-c2ccccc2)nn2c1N(Cc1cccc(C(F)(F)F)c1)CC2.COC(=O)c1ccc([C@H](C)NC(=O)c2c(-c3ccccc3)nn3c2N(Cc2cccc(C(F)(F)F)c2)CC3)cc1.C[C@H](NC(=O)c1c(-c2ccccc2)nn2c1N(Cc1cccc(C(F)(F)F)c1)CC2)c1ccc(C(=O)O)cc1.O=C(O)c1c(-c2ccccc2)nn2c1N(Cc1cccc(C(F)(F)F)c1)CC2. The number of halogens is 12. The smallest absolute Gasteiger partial charge is 0.416 e. The first-order valence-corrected chi connectivity index (χ1v) is 43.3. The fourth-order valence-corrected chi connectivity index (χ4v) is 16.7. The summed E-state index contributed by atoms with van der Waals surface area (Å²) in [4.78, 5) is 82.7. The second-order valence-corrected chi connectivity index (χ2v) is 32.5. The molecule has 0 bridgehead atoms. The third-order valence-corrected chi connectivity index (χ3v) is 23.3. The second kappa shape index (κ2) is 40.6. The molecule has 4 aromatic heterocycles. The van der Waals surface area contributed by atoms with Crippen molar-refractivity contribution in [1.82, 2.24) is 49.8 Å². The summed E-state index contributed by atoms with van der Waals surface area (Å²) in [5.74, 6) is -1.76. The van der Waals surface area contributed by atoms with Crippen LogP contribution < -0.4 is 30.2 Å². The highest BCUT2D eigenvalue weighted by atomic mass is 19.4. The van der Waals surface area contributed by atoms with E-state index in [9.17, 15) is 86.6 Å². The summed E-state index contributed by atoms with van der Waals surface area (Å²) in [6, 6.07) is 69.7. The monoisotopic (exact) mass is 1880 g/mol. The van der Waals surface area contributed by atoms with Crippen LogP contribution in [-0.2, 0) is 86.5 Å². The number of hydrogen-bond donors (Lipinski definition) is 4. The fraction of sp³-hybridized carbons (Fsp3) is 0.228.